The number of hydrogen-bond acceptors (Lipinski definition) is 4. The number of fused-ring (bicyclic) bond motifs is 2. The standard InChI is InChI=1S/C25H21N5/c1-2-3-13-30-15-20(23-24(26)27-16-28-25(23)30)19-10-9-18-11-12-21(29-22(18)14-19)17-7-5-4-6-8-17/h2-12,14-16H,13H2,1H3,(H2,26,27,28)/b3-2-. The molecular formula is C25H21N5. The molecule has 146 valence electrons. The molecule has 30 heavy (non-hydrogen) atoms. The van der Waals surface area contributed by atoms with Gasteiger partial charge in [0.15, 0.2) is 0 Å². The van der Waals surface area contributed by atoms with E-state index in [2.05, 4.69) is 69.3 Å². The Balaban J connectivity index is 1.68. The molecule has 0 saturated carbocycles. The average molecular weight is 391 g/mol. The van der Waals surface area contributed by atoms with Gasteiger partial charge in [-0.25, -0.2) is 15.0 Å². The lowest BCUT2D eigenvalue weighted by Gasteiger charge is -2.06. The van der Waals surface area contributed by atoms with Gasteiger partial charge >= 0.3 is 0 Å². The molecule has 0 unspecified atom stereocenters. The fraction of sp³-hybridized carbons (Fsp3) is 0.0800. The SMILES string of the molecule is C/C=C\Cn1cc(-c2ccc3ccc(-c4ccccc4)nc3c2)c2c(N)ncnc21. The van der Waals surface area contributed by atoms with Crippen LogP contribution in [-0.4, -0.2) is 19.5 Å². The normalized spacial score (nSPS) is 11.6. The molecule has 2 aromatic carbocycles. The van der Waals surface area contributed by atoms with Gasteiger partial charge in [-0.2, -0.15) is 0 Å². The molecule has 0 aliphatic carbocycles. The van der Waals surface area contributed by atoms with Crippen LogP contribution in [0.25, 0.3) is 44.3 Å². The lowest BCUT2D eigenvalue weighted by atomic mass is 10.0. The van der Waals surface area contributed by atoms with Crippen molar-refractivity contribution in [1.82, 2.24) is 19.5 Å². The Bertz CT molecular complexity index is 1380. The number of hydrogen-bond donors (Lipinski definition) is 1. The highest BCUT2D eigenvalue weighted by molar-refractivity contribution is 6.02. The number of rotatable bonds is 4. The Morgan fingerprint density at radius 1 is 0.967 bits per heavy atom. The first-order chi connectivity index (χ1) is 14.7. The molecule has 3 aromatic heterocycles. The largest absolute Gasteiger partial charge is 0.383 e. The molecule has 5 aromatic rings. The number of nitrogens with two attached hydrogens (primary N) is 1. The van der Waals surface area contributed by atoms with Crippen molar-refractivity contribution in [3.63, 3.8) is 0 Å². The minimum atomic E-state index is 0.486. The highest BCUT2D eigenvalue weighted by Gasteiger charge is 2.15. The first-order valence-electron chi connectivity index (χ1n) is 9.91. The summed E-state index contributed by atoms with van der Waals surface area (Å²) in [6.07, 6.45) is 7.73. The summed E-state index contributed by atoms with van der Waals surface area (Å²) in [5, 5.41) is 1.97. The van der Waals surface area contributed by atoms with Gasteiger partial charge < -0.3 is 10.3 Å². The number of pyridine rings is 1. The minimum absolute atomic E-state index is 0.486. The first kappa shape index (κ1) is 18.1. The van der Waals surface area contributed by atoms with Crippen molar-refractivity contribution in [1.29, 1.82) is 0 Å². The summed E-state index contributed by atoms with van der Waals surface area (Å²) in [4.78, 5) is 13.6. The Hall–Kier alpha value is -3.99. The molecular weight excluding hydrogens is 370 g/mol. The molecule has 0 spiro atoms. The number of anilines is 1. The Labute approximate surface area is 174 Å². The van der Waals surface area contributed by atoms with E-state index in [9.17, 15) is 0 Å². The molecule has 0 fully saturated rings. The Kier molecular flexibility index (Phi) is 4.48. The van der Waals surface area contributed by atoms with E-state index < -0.39 is 0 Å². The highest BCUT2D eigenvalue weighted by Crippen LogP contribution is 2.34. The lowest BCUT2D eigenvalue weighted by molar-refractivity contribution is 0.848. The van der Waals surface area contributed by atoms with Crippen LogP contribution in [0, 0.1) is 0 Å². The van der Waals surface area contributed by atoms with Crippen LogP contribution in [-0.2, 0) is 6.54 Å². The van der Waals surface area contributed by atoms with E-state index in [1.165, 1.54) is 6.33 Å². The zero-order valence-corrected chi connectivity index (χ0v) is 16.7. The molecule has 0 saturated heterocycles. The molecule has 0 aliphatic heterocycles. The van der Waals surface area contributed by atoms with Gasteiger partial charge in [0.2, 0.25) is 0 Å². The number of aromatic nitrogens is 4. The second-order valence-electron chi connectivity index (χ2n) is 7.19. The molecule has 0 aliphatic rings. The van der Waals surface area contributed by atoms with Gasteiger partial charge in [-0.15, -0.1) is 0 Å². The number of benzene rings is 2. The Morgan fingerprint density at radius 3 is 2.63 bits per heavy atom. The molecule has 0 amide bonds. The topological polar surface area (TPSA) is 69.6 Å². The van der Waals surface area contributed by atoms with Crippen molar-refractivity contribution in [2.75, 3.05) is 5.73 Å². The van der Waals surface area contributed by atoms with Gasteiger partial charge in [0.05, 0.1) is 16.6 Å². The van der Waals surface area contributed by atoms with Crippen molar-refractivity contribution in [3.8, 4) is 22.4 Å². The van der Waals surface area contributed by atoms with Crippen molar-refractivity contribution < 1.29 is 0 Å². The summed E-state index contributed by atoms with van der Waals surface area (Å²) >= 11 is 0. The summed E-state index contributed by atoms with van der Waals surface area (Å²) < 4.78 is 2.10. The van der Waals surface area contributed by atoms with Crippen molar-refractivity contribution in [2.24, 2.45) is 0 Å². The monoisotopic (exact) mass is 391 g/mol. The van der Waals surface area contributed by atoms with Gasteiger partial charge in [-0.1, -0.05) is 60.7 Å². The van der Waals surface area contributed by atoms with Crippen molar-refractivity contribution in [2.45, 2.75) is 13.5 Å². The second-order valence-corrected chi connectivity index (χ2v) is 7.19. The quantitative estimate of drug-likeness (QED) is 0.412. The molecule has 2 N–H and O–H groups in total. The van der Waals surface area contributed by atoms with Gasteiger partial charge in [-0.3, -0.25) is 0 Å². The predicted octanol–water partition coefficient (Wildman–Crippen LogP) is 5.47. The average Bonchev–Trinajstić information content (AvgIpc) is 3.17. The maximum absolute atomic E-state index is 6.25. The van der Waals surface area contributed by atoms with Crippen LogP contribution in [0.15, 0.2) is 85.3 Å². The van der Waals surface area contributed by atoms with Gasteiger partial charge in [0.1, 0.15) is 17.8 Å². The van der Waals surface area contributed by atoms with Gasteiger partial charge in [-0.05, 0) is 24.6 Å². The maximum atomic E-state index is 6.25. The predicted molar refractivity (Wildman–Crippen MR) is 123 cm³/mol. The van der Waals surface area contributed by atoms with E-state index in [4.69, 9.17) is 10.7 Å². The summed E-state index contributed by atoms with van der Waals surface area (Å²) in [5.74, 6) is 0.486. The maximum Gasteiger partial charge on any atom is 0.146 e. The third kappa shape index (κ3) is 3.10. The van der Waals surface area contributed by atoms with E-state index in [-0.39, 0.29) is 0 Å². The molecule has 5 heteroatoms. The lowest BCUT2D eigenvalue weighted by Crippen LogP contribution is -1.97. The van der Waals surface area contributed by atoms with Crippen LogP contribution in [0.3, 0.4) is 0 Å². The summed E-state index contributed by atoms with van der Waals surface area (Å²) in [7, 11) is 0. The van der Waals surface area contributed by atoms with Crippen molar-refractivity contribution in [3.05, 3.63) is 85.3 Å². The summed E-state index contributed by atoms with van der Waals surface area (Å²) in [5.41, 5.74) is 12.2. The molecule has 5 nitrogen and oxygen atoms in total. The fourth-order valence-corrected chi connectivity index (χ4v) is 3.78. The van der Waals surface area contributed by atoms with Gasteiger partial charge in [0, 0.05) is 29.3 Å². The second kappa shape index (κ2) is 7.44. The molecule has 5 rings (SSSR count). The van der Waals surface area contributed by atoms with E-state index in [1.807, 2.05) is 31.2 Å². The third-order valence-corrected chi connectivity index (χ3v) is 5.29. The van der Waals surface area contributed by atoms with Gasteiger partial charge in [0.25, 0.3) is 0 Å². The van der Waals surface area contributed by atoms with Crippen LogP contribution in [0.2, 0.25) is 0 Å². The van der Waals surface area contributed by atoms with Crippen LogP contribution >= 0.6 is 0 Å². The van der Waals surface area contributed by atoms with Crippen LogP contribution in [0.4, 0.5) is 5.82 Å². The van der Waals surface area contributed by atoms with E-state index in [1.54, 1.807) is 0 Å². The van der Waals surface area contributed by atoms with E-state index >= 15 is 0 Å². The van der Waals surface area contributed by atoms with Crippen molar-refractivity contribution >= 4 is 27.8 Å². The van der Waals surface area contributed by atoms with E-state index in [0.29, 0.717) is 5.82 Å². The number of nitrogens with zero attached hydrogens (tertiary/aromatic N) is 4. The zero-order valence-electron chi connectivity index (χ0n) is 16.7. The summed E-state index contributed by atoms with van der Waals surface area (Å²) in [6, 6.07) is 20.7. The summed E-state index contributed by atoms with van der Waals surface area (Å²) in [6.45, 7) is 2.74. The molecule has 0 bridgehead atoms. The molecule has 0 radical (unpaired) electrons. The fourth-order valence-electron chi connectivity index (χ4n) is 3.78. The highest BCUT2D eigenvalue weighted by atomic mass is 15.1. The first-order valence-corrected chi connectivity index (χ1v) is 9.91. The number of allylic oxidation sites excluding steroid dienone is 2. The zero-order chi connectivity index (χ0) is 20.5. The number of nitrogen functional groups attached to an aromatic ring is 1. The van der Waals surface area contributed by atoms with Crippen LogP contribution < -0.4 is 5.73 Å². The molecule has 3 heterocycles. The molecule has 0 atom stereocenters. The minimum Gasteiger partial charge on any atom is -0.383 e. The van der Waals surface area contributed by atoms with Crippen LogP contribution in [0.5, 0.6) is 0 Å². The smallest absolute Gasteiger partial charge is 0.146 e. The van der Waals surface area contributed by atoms with E-state index in [0.717, 1.165) is 50.9 Å². The third-order valence-electron chi connectivity index (χ3n) is 5.29. The van der Waals surface area contributed by atoms with Crippen LogP contribution in [0.1, 0.15) is 6.92 Å². The Morgan fingerprint density at radius 2 is 1.80 bits per heavy atom.